The van der Waals surface area contributed by atoms with Crippen LogP contribution in [-0.2, 0) is 11.3 Å². The zero-order valence-electron chi connectivity index (χ0n) is 10.7. The van der Waals surface area contributed by atoms with E-state index in [9.17, 15) is 4.79 Å². The number of Topliss-reactive ketones (excluding diaryl/α,β-unsaturated/α-hetero) is 1. The Kier molecular flexibility index (Phi) is 7.32. The van der Waals surface area contributed by atoms with E-state index in [4.69, 9.17) is 0 Å². The molecule has 1 N–H and O–H groups in total. The molecule has 0 bridgehead atoms. The van der Waals surface area contributed by atoms with Crippen LogP contribution in [0.2, 0.25) is 0 Å². The van der Waals surface area contributed by atoms with Crippen LogP contribution in [0.15, 0.2) is 30.3 Å². The molecule has 0 aliphatic heterocycles. The van der Waals surface area contributed by atoms with E-state index in [1.807, 2.05) is 18.2 Å². The average Bonchev–Trinajstić information content (AvgIpc) is 2.36. The summed E-state index contributed by atoms with van der Waals surface area (Å²) in [6.07, 6.45) is 4.81. The van der Waals surface area contributed by atoms with Crippen LogP contribution in [0.5, 0.6) is 0 Å². The summed E-state index contributed by atoms with van der Waals surface area (Å²) in [7, 11) is 0. The second kappa shape index (κ2) is 8.94. The molecule has 1 aromatic carbocycles. The maximum absolute atomic E-state index is 11.5. The Labute approximate surface area is 104 Å². The molecule has 0 aliphatic rings. The topological polar surface area (TPSA) is 29.1 Å². The van der Waals surface area contributed by atoms with Crippen molar-refractivity contribution in [3.05, 3.63) is 35.9 Å². The molecule has 0 radical (unpaired) electrons. The zero-order chi connectivity index (χ0) is 12.3. The largest absolute Gasteiger partial charge is 0.312 e. The first-order valence-corrected chi connectivity index (χ1v) is 6.59. The Bertz CT molecular complexity index is 308. The first kappa shape index (κ1) is 13.9. The first-order chi connectivity index (χ1) is 8.33. The van der Waals surface area contributed by atoms with Gasteiger partial charge in [0.05, 0.1) is 0 Å². The number of rotatable bonds is 9. The van der Waals surface area contributed by atoms with Crippen LogP contribution in [-0.4, -0.2) is 12.3 Å². The first-order valence-electron chi connectivity index (χ1n) is 6.59. The predicted octanol–water partition coefficient (Wildman–Crippen LogP) is 3.32. The summed E-state index contributed by atoms with van der Waals surface area (Å²) in [6.45, 7) is 3.80. The number of carbonyl (C=O) groups is 1. The summed E-state index contributed by atoms with van der Waals surface area (Å²) < 4.78 is 0. The van der Waals surface area contributed by atoms with Crippen LogP contribution < -0.4 is 5.32 Å². The van der Waals surface area contributed by atoms with Gasteiger partial charge in [0.15, 0.2) is 0 Å². The monoisotopic (exact) mass is 233 g/mol. The minimum atomic E-state index is 0.388. The molecular weight excluding hydrogens is 210 g/mol. The second-order valence-electron chi connectivity index (χ2n) is 4.41. The molecule has 0 aliphatic carbocycles. The molecule has 0 amide bonds. The smallest absolute Gasteiger partial charge is 0.134 e. The van der Waals surface area contributed by atoms with E-state index in [2.05, 4.69) is 24.4 Å². The van der Waals surface area contributed by atoms with Gasteiger partial charge in [0.1, 0.15) is 5.78 Å². The molecule has 0 saturated carbocycles. The molecule has 0 unspecified atom stereocenters. The third-order valence-electron chi connectivity index (χ3n) is 2.81. The Morgan fingerprint density at radius 2 is 1.88 bits per heavy atom. The van der Waals surface area contributed by atoms with Gasteiger partial charge in [-0.15, -0.1) is 0 Å². The lowest BCUT2D eigenvalue weighted by Crippen LogP contribution is -2.17. The van der Waals surface area contributed by atoms with Crippen LogP contribution in [0.1, 0.15) is 44.6 Å². The summed E-state index contributed by atoms with van der Waals surface area (Å²) in [5.74, 6) is 0.388. The van der Waals surface area contributed by atoms with Crippen LogP contribution in [0.4, 0.5) is 0 Å². The summed E-state index contributed by atoms with van der Waals surface area (Å²) in [5, 5.41) is 3.30. The molecule has 0 fully saturated rings. The molecule has 0 saturated heterocycles. The second-order valence-corrected chi connectivity index (χ2v) is 4.41. The minimum absolute atomic E-state index is 0.388. The summed E-state index contributed by atoms with van der Waals surface area (Å²) >= 11 is 0. The van der Waals surface area contributed by atoms with Gasteiger partial charge in [0.2, 0.25) is 0 Å². The molecular formula is C15H23NO. The highest BCUT2D eigenvalue weighted by Gasteiger charge is 2.00. The average molecular weight is 233 g/mol. The number of ketones is 1. The number of nitrogens with one attached hydrogen (secondary N) is 1. The van der Waals surface area contributed by atoms with Crippen molar-refractivity contribution >= 4 is 5.78 Å². The highest BCUT2D eigenvalue weighted by Crippen LogP contribution is 2.02. The van der Waals surface area contributed by atoms with E-state index in [1.54, 1.807) is 0 Å². The fourth-order valence-electron chi connectivity index (χ4n) is 1.75. The third-order valence-corrected chi connectivity index (χ3v) is 2.81. The predicted molar refractivity (Wildman–Crippen MR) is 71.9 cm³/mol. The van der Waals surface area contributed by atoms with Gasteiger partial charge in [-0.25, -0.2) is 0 Å². The molecule has 0 spiro atoms. The molecule has 1 aromatic rings. The molecule has 1 rings (SSSR count). The fourth-order valence-corrected chi connectivity index (χ4v) is 1.75. The van der Waals surface area contributed by atoms with E-state index in [1.165, 1.54) is 18.4 Å². The van der Waals surface area contributed by atoms with Crippen molar-refractivity contribution in [3.8, 4) is 0 Å². The third kappa shape index (κ3) is 6.90. The molecule has 2 heteroatoms. The van der Waals surface area contributed by atoms with Gasteiger partial charge in [-0.05, 0) is 12.0 Å². The van der Waals surface area contributed by atoms with E-state index in [0.29, 0.717) is 12.2 Å². The van der Waals surface area contributed by atoms with Gasteiger partial charge in [-0.3, -0.25) is 4.79 Å². The number of carbonyl (C=O) groups excluding carboxylic acids is 1. The van der Waals surface area contributed by atoms with Gasteiger partial charge in [0, 0.05) is 25.9 Å². The Hall–Kier alpha value is -1.15. The quantitative estimate of drug-likeness (QED) is 0.663. The van der Waals surface area contributed by atoms with E-state index >= 15 is 0 Å². The highest BCUT2D eigenvalue weighted by molar-refractivity contribution is 5.78. The van der Waals surface area contributed by atoms with Gasteiger partial charge in [0.25, 0.3) is 0 Å². The normalized spacial score (nSPS) is 10.4. The summed E-state index contributed by atoms with van der Waals surface area (Å²) in [4.78, 5) is 11.5. The minimum Gasteiger partial charge on any atom is -0.312 e. The van der Waals surface area contributed by atoms with Crippen molar-refractivity contribution in [2.45, 2.75) is 45.6 Å². The van der Waals surface area contributed by atoms with Crippen molar-refractivity contribution in [1.82, 2.24) is 5.32 Å². The lowest BCUT2D eigenvalue weighted by molar-refractivity contribution is -0.119. The molecule has 17 heavy (non-hydrogen) atoms. The lowest BCUT2D eigenvalue weighted by Gasteiger charge is -2.04. The van der Waals surface area contributed by atoms with E-state index in [-0.39, 0.29) is 0 Å². The highest BCUT2D eigenvalue weighted by atomic mass is 16.1. The van der Waals surface area contributed by atoms with Gasteiger partial charge >= 0.3 is 0 Å². The SMILES string of the molecule is CCCCCC(=O)CCNCc1ccccc1. The molecule has 0 heterocycles. The number of unbranched alkanes of at least 4 members (excludes halogenated alkanes) is 2. The van der Waals surface area contributed by atoms with Crippen LogP contribution in [0, 0.1) is 0 Å². The lowest BCUT2D eigenvalue weighted by atomic mass is 10.1. The van der Waals surface area contributed by atoms with E-state index < -0.39 is 0 Å². The Morgan fingerprint density at radius 1 is 1.12 bits per heavy atom. The van der Waals surface area contributed by atoms with Crippen molar-refractivity contribution in [3.63, 3.8) is 0 Å². The molecule has 0 aromatic heterocycles. The van der Waals surface area contributed by atoms with Crippen molar-refractivity contribution in [2.75, 3.05) is 6.54 Å². The van der Waals surface area contributed by atoms with E-state index in [0.717, 1.165) is 25.9 Å². The summed E-state index contributed by atoms with van der Waals surface area (Å²) in [5.41, 5.74) is 1.27. The van der Waals surface area contributed by atoms with Crippen molar-refractivity contribution < 1.29 is 4.79 Å². The molecule has 0 atom stereocenters. The maximum atomic E-state index is 11.5. The molecule has 94 valence electrons. The van der Waals surface area contributed by atoms with Crippen LogP contribution >= 0.6 is 0 Å². The summed E-state index contributed by atoms with van der Waals surface area (Å²) in [6, 6.07) is 10.3. The zero-order valence-corrected chi connectivity index (χ0v) is 10.7. The fraction of sp³-hybridized carbons (Fsp3) is 0.533. The Balaban J connectivity index is 2.02. The molecule has 2 nitrogen and oxygen atoms in total. The Morgan fingerprint density at radius 3 is 2.59 bits per heavy atom. The van der Waals surface area contributed by atoms with Crippen molar-refractivity contribution in [2.24, 2.45) is 0 Å². The standard InChI is InChI=1S/C15H23NO/c1-2-3-5-10-15(17)11-12-16-13-14-8-6-4-7-9-14/h4,6-9,16H,2-3,5,10-13H2,1H3. The van der Waals surface area contributed by atoms with Crippen molar-refractivity contribution in [1.29, 1.82) is 0 Å². The van der Waals surface area contributed by atoms with Crippen LogP contribution in [0.3, 0.4) is 0 Å². The van der Waals surface area contributed by atoms with Gasteiger partial charge in [-0.2, -0.15) is 0 Å². The number of benzene rings is 1. The maximum Gasteiger partial charge on any atom is 0.134 e. The number of hydrogen-bond acceptors (Lipinski definition) is 2. The van der Waals surface area contributed by atoms with Gasteiger partial charge in [-0.1, -0.05) is 50.1 Å². The number of hydrogen-bond donors (Lipinski definition) is 1. The van der Waals surface area contributed by atoms with Gasteiger partial charge < -0.3 is 5.32 Å². The van der Waals surface area contributed by atoms with Crippen LogP contribution in [0.25, 0.3) is 0 Å².